The van der Waals surface area contributed by atoms with Crippen LogP contribution in [0.5, 0.6) is 5.75 Å². The van der Waals surface area contributed by atoms with Gasteiger partial charge < -0.3 is 14.2 Å². The van der Waals surface area contributed by atoms with Crippen LogP contribution in [-0.4, -0.2) is 51.8 Å². The van der Waals surface area contributed by atoms with Gasteiger partial charge in [0.25, 0.3) is 5.91 Å². The number of hydrogen-bond acceptors (Lipinski definition) is 6. The predicted octanol–water partition coefficient (Wildman–Crippen LogP) is 1.78. The quantitative estimate of drug-likeness (QED) is 0.741. The number of para-hydroxylation sites is 1. The largest absolute Gasteiger partial charge is 0.496 e. The number of methoxy groups -OCH3 is 1. The lowest BCUT2D eigenvalue weighted by atomic mass is 10.1. The number of hydrogen-bond donors (Lipinski definition) is 1. The van der Waals surface area contributed by atoms with Gasteiger partial charge in [0, 0.05) is 25.6 Å². The zero-order chi connectivity index (χ0) is 16.9. The summed E-state index contributed by atoms with van der Waals surface area (Å²) in [4.78, 5) is 18.0. The maximum Gasteiger partial charge on any atom is 0.271 e. The van der Waals surface area contributed by atoms with Crippen molar-refractivity contribution in [3.8, 4) is 17.0 Å². The monoisotopic (exact) mass is 327 g/mol. The van der Waals surface area contributed by atoms with Crippen LogP contribution in [0.15, 0.2) is 41.2 Å². The van der Waals surface area contributed by atoms with Crippen LogP contribution in [0.1, 0.15) is 16.3 Å². The van der Waals surface area contributed by atoms with E-state index in [4.69, 9.17) is 4.74 Å². The number of likely N-dealkylation sites (N-methyl/N-ethyl adjacent to an activating group) is 1. The molecular formula is C16H17N5O3. The first-order valence-electron chi connectivity index (χ1n) is 7.38. The standard InChI is InChI=1S/C16H17N5O3/c1-21(8-7-15-17-10-24-20-15)16(22)13-9-12(18-19-13)11-5-3-4-6-14(11)23-2/h3-6,9-10H,7-8H2,1-2H3,(H,18,19). The second kappa shape index (κ2) is 6.95. The Bertz CT molecular complexity index is 813. The number of carbonyl (C=O) groups is 1. The van der Waals surface area contributed by atoms with Crippen LogP contribution in [0.3, 0.4) is 0 Å². The third kappa shape index (κ3) is 3.27. The van der Waals surface area contributed by atoms with Gasteiger partial charge in [-0.1, -0.05) is 17.3 Å². The van der Waals surface area contributed by atoms with Crippen molar-refractivity contribution in [3.05, 3.63) is 48.2 Å². The fourth-order valence-corrected chi connectivity index (χ4v) is 2.30. The number of amides is 1. The highest BCUT2D eigenvalue weighted by atomic mass is 16.5. The summed E-state index contributed by atoms with van der Waals surface area (Å²) in [5.41, 5.74) is 1.89. The molecule has 8 heteroatoms. The minimum Gasteiger partial charge on any atom is -0.496 e. The summed E-state index contributed by atoms with van der Waals surface area (Å²) in [7, 11) is 3.31. The van der Waals surface area contributed by atoms with E-state index in [1.165, 1.54) is 6.39 Å². The molecule has 1 N–H and O–H groups in total. The first-order valence-corrected chi connectivity index (χ1v) is 7.38. The van der Waals surface area contributed by atoms with Crippen LogP contribution >= 0.6 is 0 Å². The second-order valence-corrected chi connectivity index (χ2v) is 5.19. The van der Waals surface area contributed by atoms with Gasteiger partial charge in [0.05, 0.1) is 12.8 Å². The lowest BCUT2D eigenvalue weighted by Gasteiger charge is -2.14. The first kappa shape index (κ1) is 15.7. The Morgan fingerprint density at radius 1 is 1.38 bits per heavy atom. The molecule has 0 aliphatic heterocycles. The summed E-state index contributed by atoms with van der Waals surface area (Å²) in [6, 6.07) is 9.23. The zero-order valence-corrected chi connectivity index (χ0v) is 13.4. The molecule has 0 fully saturated rings. The van der Waals surface area contributed by atoms with E-state index in [0.29, 0.717) is 35.9 Å². The average molecular weight is 327 g/mol. The van der Waals surface area contributed by atoms with Crippen molar-refractivity contribution in [2.75, 3.05) is 20.7 Å². The molecule has 2 aromatic heterocycles. The molecule has 1 amide bonds. The number of aromatic amines is 1. The maximum absolute atomic E-state index is 12.5. The third-order valence-electron chi connectivity index (χ3n) is 3.62. The molecule has 3 aromatic rings. The number of benzene rings is 1. The van der Waals surface area contributed by atoms with Crippen LogP contribution < -0.4 is 4.74 Å². The molecule has 0 aliphatic rings. The Kier molecular flexibility index (Phi) is 4.55. The maximum atomic E-state index is 12.5. The van der Waals surface area contributed by atoms with Gasteiger partial charge in [-0.3, -0.25) is 9.89 Å². The van der Waals surface area contributed by atoms with Crippen molar-refractivity contribution < 1.29 is 14.1 Å². The van der Waals surface area contributed by atoms with Gasteiger partial charge in [-0.2, -0.15) is 10.1 Å². The fourth-order valence-electron chi connectivity index (χ4n) is 2.30. The molecule has 0 saturated heterocycles. The second-order valence-electron chi connectivity index (χ2n) is 5.19. The van der Waals surface area contributed by atoms with Gasteiger partial charge in [0.15, 0.2) is 5.82 Å². The summed E-state index contributed by atoms with van der Waals surface area (Å²) in [5.74, 6) is 1.11. The van der Waals surface area contributed by atoms with E-state index in [9.17, 15) is 4.79 Å². The van der Waals surface area contributed by atoms with Crippen LogP contribution in [0.25, 0.3) is 11.3 Å². The van der Waals surface area contributed by atoms with E-state index in [-0.39, 0.29) is 5.91 Å². The molecule has 24 heavy (non-hydrogen) atoms. The van der Waals surface area contributed by atoms with Crippen molar-refractivity contribution >= 4 is 5.91 Å². The topological polar surface area (TPSA) is 97.1 Å². The van der Waals surface area contributed by atoms with Gasteiger partial charge >= 0.3 is 0 Å². The van der Waals surface area contributed by atoms with E-state index >= 15 is 0 Å². The Hall–Kier alpha value is -3.16. The summed E-state index contributed by atoms with van der Waals surface area (Å²) in [6.07, 6.45) is 1.79. The highest BCUT2D eigenvalue weighted by Gasteiger charge is 2.17. The summed E-state index contributed by atoms with van der Waals surface area (Å²) < 4.78 is 10.00. The number of H-pyrrole nitrogens is 1. The molecule has 0 saturated carbocycles. The predicted molar refractivity (Wildman–Crippen MR) is 85.5 cm³/mol. The van der Waals surface area contributed by atoms with Crippen LogP contribution in [0.2, 0.25) is 0 Å². The van der Waals surface area contributed by atoms with E-state index in [2.05, 4.69) is 24.9 Å². The Balaban J connectivity index is 1.71. The molecular weight excluding hydrogens is 310 g/mol. The lowest BCUT2D eigenvalue weighted by molar-refractivity contribution is 0.0790. The van der Waals surface area contributed by atoms with E-state index in [1.807, 2.05) is 24.3 Å². The Morgan fingerprint density at radius 2 is 2.21 bits per heavy atom. The lowest BCUT2D eigenvalue weighted by Crippen LogP contribution is -2.29. The van der Waals surface area contributed by atoms with Crippen molar-refractivity contribution in [3.63, 3.8) is 0 Å². The zero-order valence-electron chi connectivity index (χ0n) is 13.4. The first-order chi connectivity index (χ1) is 11.7. The molecule has 0 bridgehead atoms. The van der Waals surface area contributed by atoms with Crippen LogP contribution in [-0.2, 0) is 6.42 Å². The average Bonchev–Trinajstić information content (AvgIpc) is 3.30. The molecule has 3 rings (SSSR count). The van der Waals surface area contributed by atoms with E-state index in [1.54, 1.807) is 25.1 Å². The SMILES string of the molecule is COc1ccccc1-c1cc(C(=O)N(C)CCc2ncon2)[nH]n1. The minimum absolute atomic E-state index is 0.160. The van der Waals surface area contributed by atoms with Crippen LogP contribution in [0, 0.1) is 0 Å². The number of carbonyl (C=O) groups excluding carboxylic acids is 1. The van der Waals surface area contributed by atoms with Crippen molar-refractivity contribution in [1.29, 1.82) is 0 Å². The third-order valence-corrected chi connectivity index (χ3v) is 3.62. The smallest absolute Gasteiger partial charge is 0.271 e. The Morgan fingerprint density at radius 3 is 2.96 bits per heavy atom. The summed E-state index contributed by atoms with van der Waals surface area (Å²) >= 11 is 0. The molecule has 0 radical (unpaired) electrons. The van der Waals surface area contributed by atoms with Gasteiger partial charge in [-0.25, -0.2) is 0 Å². The van der Waals surface area contributed by atoms with Crippen molar-refractivity contribution in [2.24, 2.45) is 0 Å². The van der Waals surface area contributed by atoms with Gasteiger partial charge in [0.2, 0.25) is 6.39 Å². The molecule has 0 aliphatic carbocycles. The summed E-state index contributed by atoms with van der Waals surface area (Å²) in [6.45, 7) is 0.474. The van der Waals surface area contributed by atoms with Gasteiger partial charge in [-0.05, 0) is 18.2 Å². The van der Waals surface area contributed by atoms with E-state index < -0.39 is 0 Å². The molecule has 1 aromatic carbocycles. The van der Waals surface area contributed by atoms with Gasteiger partial charge in [-0.15, -0.1) is 0 Å². The molecule has 8 nitrogen and oxygen atoms in total. The van der Waals surface area contributed by atoms with Crippen LogP contribution in [0.4, 0.5) is 0 Å². The van der Waals surface area contributed by atoms with Crippen molar-refractivity contribution in [1.82, 2.24) is 25.2 Å². The molecule has 124 valence electrons. The number of ether oxygens (including phenoxy) is 1. The highest BCUT2D eigenvalue weighted by molar-refractivity contribution is 5.93. The number of nitrogens with zero attached hydrogens (tertiary/aromatic N) is 4. The number of aromatic nitrogens is 4. The number of rotatable bonds is 6. The normalized spacial score (nSPS) is 10.6. The molecule has 0 atom stereocenters. The molecule has 0 unspecified atom stereocenters. The van der Waals surface area contributed by atoms with E-state index in [0.717, 1.165) is 5.56 Å². The number of nitrogens with one attached hydrogen (secondary N) is 1. The minimum atomic E-state index is -0.160. The summed E-state index contributed by atoms with van der Waals surface area (Å²) in [5, 5.41) is 10.7. The molecule has 2 heterocycles. The highest BCUT2D eigenvalue weighted by Crippen LogP contribution is 2.28. The van der Waals surface area contributed by atoms with Gasteiger partial charge in [0.1, 0.15) is 11.4 Å². The fraction of sp³-hybridized carbons (Fsp3) is 0.250. The Labute approximate surface area is 138 Å². The molecule has 0 spiro atoms. The van der Waals surface area contributed by atoms with Crippen molar-refractivity contribution in [2.45, 2.75) is 6.42 Å².